The first-order valence-corrected chi connectivity index (χ1v) is 5.49. The van der Waals surface area contributed by atoms with Crippen LogP contribution in [0.2, 0.25) is 0 Å². The molecule has 1 aliphatic carbocycles. The van der Waals surface area contributed by atoms with E-state index in [9.17, 15) is 4.79 Å². The van der Waals surface area contributed by atoms with Crippen LogP contribution in [0.1, 0.15) is 40.0 Å². The third-order valence-electron chi connectivity index (χ3n) is 1.63. The lowest BCUT2D eigenvalue weighted by Gasteiger charge is -1.90. The highest BCUT2D eigenvalue weighted by Gasteiger charge is 2.19. The van der Waals surface area contributed by atoms with Gasteiger partial charge in [0.25, 0.3) is 0 Å². The molecule has 0 spiro atoms. The maximum absolute atomic E-state index is 10.5. The molecule has 0 amide bonds. The Morgan fingerprint density at radius 1 is 1.57 bits per heavy atom. The number of Topliss-reactive ketones (excluding diaryl/α,β-unsaturated/α-hetero) is 1. The van der Waals surface area contributed by atoms with Gasteiger partial charge in [0.2, 0.25) is 0 Å². The summed E-state index contributed by atoms with van der Waals surface area (Å²) in [7, 11) is 1.66. The van der Waals surface area contributed by atoms with Crippen molar-refractivity contribution in [1.29, 1.82) is 0 Å². The lowest BCUT2D eigenvalue weighted by atomic mass is 10.3. The Bertz CT molecular complexity index is 177. The molecular weight excluding hydrogens is 196 g/mol. The second kappa shape index (κ2) is 10.6. The zero-order chi connectivity index (χ0) is 11.6. The molecule has 0 aliphatic heterocycles. The summed E-state index contributed by atoms with van der Waals surface area (Å²) in [4.78, 5) is 14.1. The third-order valence-corrected chi connectivity index (χ3v) is 2.17. The summed E-state index contributed by atoms with van der Waals surface area (Å²) < 4.78 is 0. The Morgan fingerprint density at radius 3 is 2.07 bits per heavy atom. The van der Waals surface area contributed by atoms with Crippen molar-refractivity contribution in [3.05, 3.63) is 0 Å². The molecule has 2 N–H and O–H groups in total. The average molecular weight is 218 g/mol. The zero-order valence-corrected chi connectivity index (χ0v) is 10.5. The molecule has 0 aromatic carbocycles. The van der Waals surface area contributed by atoms with E-state index in [1.54, 1.807) is 14.0 Å². The number of hydrogen-bond donors (Lipinski definition) is 2. The van der Waals surface area contributed by atoms with Gasteiger partial charge in [0.15, 0.2) is 0 Å². The van der Waals surface area contributed by atoms with Crippen molar-refractivity contribution in [2.24, 2.45) is 10.7 Å². The van der Waals surface area contributed by atoms with E-state index in [2.05, 4.69) is 17.6 Å². The second-order valence-corrected chi connectivity index (χ2v) is 3.36. The topological polar surface area (TPSA) is 55.4 Å². The molecule has 1 unspecified atom stereocenters. The molecule has 14 heavy (non-hydrogen) atoms. The van der Waals surface area contributed by atoms with E-state index in [0.717, 1.165) is 19.3 Å². The molecule has 0 heterocycles. The van der Waals surface area contributed by atoms with E-state index >= 15 is 0 Å². The van der Waals surface area contributed by atoms with Gasteiger partial charge in [0, 0.05) is 13.5 Å². The molecule has 0 aromatic heterocycles. The normalized spacial score (nSPS) is 20.5. The summed E-state index contributed by atoms with van der Waals surface area (Å²) in [6.45, 7) is 5.75. The van der Waals surface area contributed by atoms with Crippen LogP contribution in [0.5, 0.6) is 0 Å². The van der Waals surface area contributed by atoms with Crippen LogP contribution in [0.3, 0.4) is 0 Å². The fourth-order valence-corrected chi connectivity index (χ4v) is 1.11. The monoisotopic (exact) mass is 218 g/mol. The predicted molar refractivity (Wildman–Crippen MR) is 66.2 cm³/mol. The minimum absolute atomic E-state index is 0.0694. The molecule has 4 heteroatoms. The van der Waals surface area contributed by atoms with E-state index in [1.165, 1.54) is 0 Å². The van der Waals surface area contributed by atoms with Crippen molar-refractivity contribution in [3.63, 3.8) is 0 Å². The molecule has 0 saturated heterocycles. The predicted octanol–water partition coefficient (Wildman–Crippen LogP) is 2.06. The molecule has 0 bridgehead atoms. The maximum atomic E-state index is 10.5. The van der Waals surface area contributed by atoms with E-state index < -0.39 is 0 Å². The van der Waals surface area contributed by atoms with Gasteiger partial charge in [-0.3, -0.25) is 9.79 Å². The van der Waals surface area contributed by atoms with Crippen molar-refractivity contribution in [2.75, 3.05) is 7.05 Å². The van der Waals surface area contributed by atoms with Crippen LogP contribution in [0.4, 0.5) is 0 Å². The number of nitrogens with two attached hydrogens (primary N) is 1. The lowest BCUT2D eigenvalue weighted by Crippen LogP contribution is -2.03. The van der Waals surface area contributed by atoms with Gasteiger partial charge in [-0.2, -0.15) is 12.6 Å². The molecular formula is C10H22N2OS. The number of carbonyl (C=O) groups excluding carboxylic acids is 1. The number of nitrogens with zero attached hydrogens (tertiary/aromatic N) is 1. The van der Waals surface area contributed by atoms with Crippen molar-refractivity contribution >= 4 is 24.2 Å². The SMILES string of the molecule is CC.CN=C(C)N.O=C1CCCC1S. The van der Waals surface area contributed by atoms with Crippen molar-refractivity contribution in [2.45, 2.75) is 45.3 Å². The summed E-state index contributed by atoms with van der Waals surface area (Å²) in [5.74, 6) is 0.952. The van der Waals surface area contributed by atoms with E-state index in [-0.39, 0.29) is 5.25 Å². The Morgan fingerprint density at radius 2 is 2.00 bits per heavy atom. The molecule has 84 valence electrons. The first-order chi connectivity index (χ1) is 6.57. The number of carbonyl (C=O) groups is 1. The molecule has 0 aromatic rings. The van der Waals surface area contributed by atoms with Gasteiger partial charge in [-0.15, -0.1) is 0 Å². The van der Waals surface area contributed by atoms with E-state index in [4.69, 9.17) is 5.73 Å². The first kappa shape index (κ1) is 15.9. The largest absolute Gasteiger partial charge is 0.388 e. The number of rotatable bonds is 0. The number of amidine groups is 1. The molecule has 1 rings (SSSR count). The molecule has 1 aliphatic rings. The fraction of sp³-hybridized carbons (Fsp3) is 0.800. The molecule has 1 atom stereocenters. The number of aliphatic imine (C=N–C) groups is 1. The highest BCUT2D eigenvalue weighted by atomic mass is 32.1. The number of hydrogen-bond acceptors (Lipinski definition) is 3. The third kappa shape index (κ3) is 9.58. The molecule has 1 fully saturated rings. The number of ketones is 1. The van der Waals surface area contributed by atoms with Crippen LogP contribution in [-0.2, 0) is 4.79 Å². The lowest BCUT2D eigenvalue weighted by molar-refractivity contribution is -0.116. The fourth-order valence-electron chi connectivity index (χ4n) is 0.797. The second-order valence-electron chi connectivity index (χ2n) is 2.74. The van der Waals surface area contributed by atoms with Gasteiger partial charge in [-0.05, 0) is 19.8 Å². The Balaban J connectivity index is 0. The minimum atomic E-state index is 0.0694. The standard InChI is InChI=1S/C5H8OS.C3H8N2.C2H6/c6-4-2-1-3-5(4)7;1-3(4)5-2;1-2/h5,7H,1-3H2;1-2H3,(H2,4,5);1-2H3. The van der Waals surface area contributed by atoms with Crippen LogP contribution < -0.4 is 5.73 Å². The van der Waals surface area contributed by atoms with Gasteiger partial charge in [0.1, 0.15) is 5.78 Å². The smallest absolute Gasteiger partial charge is 0.145 e. The Hall–Kier alpha value is -0.510. The number of thiol groups is 1. The first-order valence-electron chi connectivity index (χ1n) is 4.97. The molecule has 0 radical (unpaired) electrons. The van der Waals surface area contributed by atoms with Crippen molar-refractivity contribution in [1.82, 2.24) is 0 Å². The van der Waals surface area contributed by atoms with Gasteiger partial charge in [0.05, 0.1) is 11.1 Å². The summed E-state index contributed by atoms with van der Waals surface area (Å²) >= 11 is 4.04. The average Bonchev–Trinajstić information content (AvgIpc) is 2.55. The molecule has 1 saturated carbocycles. The summed E-state index contributed by atoms with van der Waals surface area (Å²) in [5, 5.41) is 0.0694. The van der Waals surface area contributed by atoms with Gasteiger partial charge < -0.3 is 5.73 Å². The molecule has 3 nitrogen and oxygen atoms in total. The van der Waals surface area contributed by atoms with Gasteiger partial charge in [-0.1, -0.05) is 13.8 Å². The van der Waals surface area contributed by atoms with Crippen molar-refractivity contribution in [3.8, 4) is 0 Å². The quantitative estimate of drug-likeness (QED) is 0.371. The Kier molecular flexibility index (Phi) is 12.0. The summed E-state index contributed by atoms with van der Waals surface area (Å²) in [5.41, 5.74) is 5.04. The van der Waals surface area contributed by atoms with Crippen LogP contribution in [0, 0.1) is 0 Å². The van der Waals surface area contributed by atoms with E-state index in [1.807, 2.05) is 13.8 Å². The highest BCUT2D eigenvalue weighted by Crippen LogP contribution is 2.18. The van der Waals surface area contributed by atoms with Gasteiger partial charge in [-0.25, -0.2) is 0 Å². The highest BCUT2D eigenvalue weighted by molar-refractivity contribution is 7.81. The van der Waals surface area contributed by atoms with Crippen LogP contribution in [0.25, 0.3) is 0 Å². The zero-order valence-electron chi connectivity index (χ0n) is 9.58. The van der Waals surface area contributed by atoms with Crippen LogP contribution >= 0.6 is 12.6 Å². The summed E-state index contributed by atoms with van der Waals surface area (Å²) in [6.07, 6.45) is 2.79. The van der Waals surface area contributed by atoms with Crippen LogP contribution in [-0.4, -0.2) is 23.9 Å². The van der Waals surface area contributed by atoms with Crippen molar-refractivity contribution < 1.29 is 4.79 Å². The van der Waals surface area contributed by atoms with Gasteiger partial charge >= 0.3 is 0 Å². The maximum Gasteiger partial charge on any atom is 0.145 e. The minimum Gasteiger partial charge on any atom is -0.388 e. The summed E-state index contributed by atoms with van der Waals surface area (Å²) in [6, 6.07) is 0. The van der Waals surface area contributed by atoms with E-state index in [0.29, 0.717) is 11.6 Å². The Labute approximate surface area is 92.6 Å². The van der Waals surface area contributed by atoms with Crippen LogP contribution in [0.15, 0.2) is 4.99 Å².